The number of rotatable bonds is 6. The van der Waals surface area contributed by atoms with Crippen molar-refractivity contribution < 1.29 is 13.2 Å². The Bertz CT molecular complexity index is 795. The molecule has 3 aliphatic rings. The predicted octanol–water partition coefficient (Wildman–Crippen LogP) is 2.80. The van der Waals surface area contributed by atoms with E-state index in [2.05, 4.69) is 17.5 Å². The van der Waals surface area contributed by atoms with Gasteiger partial charge in [0.15, 0.2) is 0 Å². The molecule has 1 N–H and O–H groups in total. The molecule has 5 nitrogen and oxygen atoms in total. The fraction of sp³-hybridized carbons (Fsp3) is 0.550. The predicted molar refractivity (Wildman–Crippen MR) is 100 cm³/mol. The lowest BCUT2D eigenvalue weighted by Crippen LogP contribution is -2.28. The first-order valence-electron chi connectivity index (χ1n) is 9.61. The van der Waals surface area contributed by atoms with Crippen molar-refractivity contribution in [3.05, 3.63) is 42.0 Å². The third-order valence-electron chi connectivity index (χ3n) is 6.04. The Morgan fingerprint density at radius 1 is 1.08 bits per heavy atom. The van der Waals surface area contributed by atoms with Crippen LogP contribution in [-0.2, 0) is 10.0 Å². The highest BCUT2D eigenvalue weighted by atomic mass is 32.2. The van der Waals surface area contributed by atoms with Crippen LogP contribution in [0.4, 0.5) is 0 Å². The molecule has 4 rings (SSSR count). The third kappa shape index (κ3) is 3.45. The fourth-order valence-electron chi connectivity index (χ4n) is 4.56. The van der Waals surface area contributed by atoms with Crippen molar-refractivity contribution in [2.24, 2.45) is 17.8 Å². The normalized spacial score (nSPS) is 27.9. The molecule has 0 spiro atoms. The monoisotopic (exact) mass is 374 g/mol. The van der Waals surface area contributed by atoms with E-state index in [1.807, 2.05) is 0 Å². The molecule has 0 aromatic heterocycles. The minimum atomic E-state index is -3.42. The lowest BCUT2D eigenvalue weighted by atomic mass is 9.90. The standard InChI is InChI=1S/C20H26N2O3S/c23-20(21-10-9-18-14-15-3-4-17(18)13-15)16-5-7-19(8-6-16)26(24,25)22-11-1-2-12-22/h3-8,15,17-18H,1-2,9-14H2,(H,21,23). The number of fused-ring (bicyclic) bond motifs is 2. The van der Waals surface area contributed by atoms with Crippen LogP contribution in [0, 0.1) is 17.8 Å². The van der Waals surface area contributed by atoms with Gasteiger partial charge in [0, 0.05) is 25.2 Å². The molecular weight excluding hydrogens is 348 g/mol. The second-order valence-corrected chi connectivity index (χ2v) is 9.66. The van der Waals surface area contributed by atoms with Gasteiger partial charge in [0.25, 0.3) is 5.91 Å². The molecule has 2 bridgehead atoms. The van der Waals surface area contributed by atoms with Crippen LogP contribution in [0.2, 0.25) is 0 Å². The molecule has 1 aliphatic heterocycles. The topological polar surface area (TPSA) is 66.5 Å². The van der Waals surface area contributed by atoms with Gasteiger partial charge in [-0.15, -0.1) is 0 Å². The van der Waals surface area contributed by atoms with E-state index in [0.717, 1.165) is 25.2 Å². The molecule has 3 unspecified atom stereocenters. The Morgan fingerprint density at radius 2 is 1.81 bits per heavy atom. The van der Waals surface area contributed by atoms with E-state index in [9.17, 15) is 13.2 Å². The SMILES string of the molecule is O=C(NCCC1CC2C=CC1C2)c1ccc(S(=O)(=O)N2CCCC2)cc1. The minimum absolute atomic E-state index is 0.131. The van der Waals surface area contributed by atoms with Crippen molar-refractivity contribution in [3.8, 4) is 0 Å². The highest BCUT2D eigenvalue weighted by molar-refractivity contribution is 7.89. The van der Waals surface area contributed by atoms with Gasteiger partial charge >= 0.3 is 0 Å². The molecule has 6 heteroatoms. The van der Waals surface area contributed by atoms with Gasteiger partial charge in [-0.25, -0.2) is 8.42 Å². The van der Waals surface area contributed by atoms with Gasteiger partial charge in [-0.1, -0.05) is 12.2 Å². The van der Waals surface area contributed by atoms with E-state index >= 15 is 0 Å². The summed E-state index contributed by atoms with van der Waals surface area (Å²) >= 11 is 0. The van der Waals surface area contributed by atoms with E-state index in [1.54, 1.807) is 24.3 Å². The zero-order valence-electron chi connectivity index (χ0n) is 14.9. The molecular formula is C20H26N2O3S. The lowest BCUT2D eigenvalue weighted by molar-refractivity contribution is 0.0950. The summed E-state index contributed by atoms with van der Waals surface area (Å²) in [5.74, 6) is 2.02. The zero-order valence-corrected chi connectivity index (χ0v) is 15.7. The van der Waals surface area contributed by atoms with Gasteiger partial charge in [0.1, 0.15) is 0 Å². The van der Waals surface area contributed by atoms with Crippen LogP contribution < -0.4 is 5.32 Å². The van der Waals surface area contributed by atoms with Crippen molar-refractivity contribution in [2.45, 2.75) is 37.0 Å². The number of benzene rings is 1. The molecule has 1 heterocycles. The average molecular weight is 375 g/mol. The number of sulfonamides is 1. The van der Waals surface area contributed by atoms with Gasteiger partial charge in [-0.2, -0.15) is 4.31 Å². The maximum Gasteiger partial charge on any atom is 0.251 e. The number of carbonyl (C=O) groups is 1. The quantitative estimate of drug-likeness (QED) is 0.779. The van der Waals surface area contributed by atoms with Crippen molar-refractivity contribution in [3.63, 3.8) is 0 Å². The summed E-state index contributed by atoms with van der Waals surface area (Å²) in [4.78, 5) is 12.6. The largest absolute Gasteiger partial charge is 0.352 e. The zero-order chi connectivity index (χ0) is 18.1. The highest BCUT2D eigenvalue weighted by Crippen LogP contribution is 2.44. The second kappa shape index (κ2) is 7.16. The number of hydrogen-bond donors (Lipinski definition) is 1. The molecule has 2 fully saturated rings. The van der Waals surface area contributed by atoms with Crippen molar-refractivity contribution in [1.29, 1.82) is 0 Å². The summed E-state index contributed by atoms with van der Waals surface area (Å²) < 4.78 is 26.6. The van der Waals surface area contributed by atoms with Gasteiger partial charge in [0.2, 0.25) is 10.0 Å². The molecule has 0 radical (unpaired) electrons. The highest BCUT2D eigenvalue weighted by Gasteiger charge is 2.35. The van der Waals surface area contributed by atoms with E-state index in [-0.39, 0.29) is 10.8 Å². The fourth-order valence-corrected chi connectivity index (χ4v) is 6.07. The van der Waals surface area contributed by atoms with Gasteiger partial charge in [-0.3, -0.25) is 4.79 Å². The van der Waals surface area contributed by atoms with Crippen LogP contribution in [0.3, 0.4) is 0 Å². The Labute approximate surface area is 155 Å². The van der Waals surface area contributed by atoms with Crippen LogP contribution in [0.1, 0.15) is 42.5 Å². The molecule has 1 aromatic rings. The first kappa shape index (κ1) is 17.7. The number of amides is 1. The molecule has 1 saturated heterocycles. The Morgan fingerprint density at radius 3 is 2.42 bits per heavy atom. The molecule has 1 amide bonds. The third-order valence-corrected chi connectivity index (χ3v) is 7.95. The van der Waals surface area contributed by atoms with Gasteiger partial charge in [0.05, 0.1) is 4.90 Å². The number of nitrogens with one attached hydrogen (secondary N) is 1. The average Bonchev–Trinajstić information content (AvgIpc) is 3.39. The lowest BCUT2D eigenvalue weighted by Gasteiger charge is -2.18. The summed E-state index contributed by atoms with van der Waals surface area (Å²) in [7, 11) is -3.42. The Hall–Kier alpha value is -1.66. The van der Waals surface area contributed by atoms with Crippen LogP contribution in [-0.4, -0.2) is 38.3 Å². The summed E-state index contributed by atoms with van der Waals surface area (Å²) in [6.45, 7) is 1.85. The first-order valence-corrected chi connectivity index (χ1v) is 11.0. The van der Waals surface area contributed by atoms with Crippen molar-refractivity contribution >= 4 is 15.9 Å². The molecule has 3 atom stereocenters. The van der Waals surface area contributed by atoms with Crippen LogP contribution in [0.25, 0.3) is 0 Å². The van der Waals surface area contributed by atoms with Gasteiger partial charge < -0.3 is 5.32 Å². The van der Waals surface area contributed by atoms with Gasteiger partial charge in [-0.05, 0) is 74.1 Å². The number of carbonyl (C=O) groups excluding carboxylic acids is 1. The van der Waals surface area contributed by atoms with E-state index < -0.39 is 10.0 Å². The number of nitrogens with zero attached hydrogens (tertiary/aromatic N) is 1. The second-order valence-electron chi connectivity index (χ2n) is 7.72. The number of hydrogen-bond acceptors (Lipinski definition) is 3. The summed E-state index contributed by atoms with van der Waals surface area (Å²) in [5.41, 5.74) is 0.512. The smallest absolute Gasteiger partial charge is 0.251 e. The summed E-state index contributed by atoms with van der Waals surface area (Å²) in [6.07, 6.45) is 10.0. The van der Waals surface area contributed by atoms with E-state index in [0.29, 0.717) is 37.0 Å². The van der Waals surface area contributed by atoms with Crippen LogP contribution in [0.15, 0.2) is 41.3 Å². The first-order chi connectivity index (χ1) is 12.5. The minimum Gasteiger partial charge on any atom is -0.352 e. The maximum atomic E-state index is 12.5. The Kier molecular flexibility index (Phi) is 4.88. The summed E-state index contributed by atoms with van der Waals surface area (Å²) in [6, 6.07) is 6.31. The number of allylic oxidation sites excluding steroid dienone is 2. The van der Waals surface area contributed by atoms with Crippen molar-refractivity contribution in [1.82, 2.24) is 9.62 Å². The molecule has 1 saturated carbocycles. The van der Waals surface area contributed by atoms with E-state index in [1.165, 1.54) is 17.1 Å². The molecule has 26 heavy (non-hydrogen) atoms. The van der Waals surface area contributed by atoms with E-state index in [4.69, 9.17) is 0 Å². The van der Waals surface area contributed by atoms with Crippen molar-refractivity contribution in [2.75, 3.05) is 19.6 Å². The molecule has 1 aromatic carbocycles. The molecule has 140 valence electrons. The Balaban J connectivity index is 1.31. The summed E-state index contributed by atoms with van der Waals surface area (Å²) in [5, 5.41) is 2.98. The van der Waals surface area contributed by atoms with Crippen LogP contribution >= 0.6 is 0 Å². The maximum absolute atomic E-state index is 12.5. The molecule has 2 aliphatic carbocycles. The van der Waals surface area contributed by atoms with Crippen LogP contribution in [0.5, 0.6) is 0 Å².